The molecule has 30 heavy (non-hydrogen) atoms. The number of carbonyl (C=O) groups excluding carboxylic acids is 1. The molecule has 1 nitrogen and oxygen atoms in total. The number of carbonyl (C=O) groups is 1. The molecule has 0 saturated heterocycles. The van der Waals surface area contributed by atoms with Crippen LogP contribution in [0.4, 0.5) is 0 Å². The Morgan fingerprint density at radius 3 is 1.80 bits per heavy atom. The molecule has 0 amide bonds. The molecule has 0 N–H and O–H groups in total. The summed E-state index contributed by atoms with van der Waals surface area (Å²) in [5.41, 5.74) is 10.2. The van der Waals surface area contributed by atoms with Crippen LogP contribution in [0.3, 0.4) is 0 Å². The number of ketones is 1. The van der Waals surface area contributed by atoms with Crippen LogP contribution in [0.25, 0.3) is 11.1 Å². The lowest BCUT2D eigenvalue weighted by atomic mass is 9.70. The van der Waals surface area contributed by atoms with E-state index < -0.39 is 0 Å². The third kappa shape index (κ3) is 1.74. The number of benzene rings is 3. The molecule has 0 aromatic heterocycles. The van der Waals surface area contributed by atoms with Crippen LogP contribution in [0, 0.1) is 0 Å². The highest BCUT2D eigenvalue weighted by Crippen LogP contribution is 2.69. The molecular weight excluding hydrogens is 364 g/mol. The van der Waals surface area contributed by atoms with E-state index in [1.807, 2.05) is 12.1 Å². The van der Waals surface area contributed by atoms with Gasteiger partial charge < -0.3 is 0 Å². The van der Waals surface area contributed by atoms with Crippen molar-refractivity contribution in [3.63, 3.8) is 0 Å². The van der Waals surface area contributed by atoms with Crippen molar-refractivity contribution < 1.29 is 4.79 Å². The first-order valence-electron chi connectivity index (χ1n) is 11.0. The summed E-state index contributed by atoms with van der Waals surface area (Å²) in [6.45, 7) is 0. The lowest BCUT2D eigenvalue weighted by molar-refractivity contribution is 0.0978. The molecule has 2 spiro atoms. The minimum absolute atomic E-state index is 0.156. The van der Waals surface area contributed by atoms with Gasteiger partial charge in [-0.2, -0.15) is 0 Å². The lowest BCUT2D eigenvalue weighted by Crippen LogP contribution is -2.28. The normalized spacial score (nSPS) is 24.3. The van der Waals surface area contributed by atoms with Crippen molar-refractivity contribution in [2.45, 2.75) is 36.5 Å². The average molecular weight is 386 g/mol. The van der Waals surface area contributed by atoms with Crippen LogP contribution in [-0.4, -0.2) is 5.78 Å². The summed E-state index contributed by atoms with van der Waals surface area (Å²) in [5, 5.41) is 0. The van der Waals surface area contributed by atoms with Gasteiger partial charge in [0, 0.05) is 22.8 Å². The maximum Gasteiger partial charge on any atom is 0.164 e. The summed E-state index contributed by atoms with van der Waals surface area (Å²) in [6.07, 6.45) is 8.63. The number of hydrogen-bond donors (Lipinski definition) is 0. The van der Waals surface area contributed by atoms with Crippen LogP contribution in [0.15, 0.2) is 96.1 Å². The van der Waals surface area contributed by atoms with E-state index >= 15 is 0 Å². The average Bonchev–Trinajstić information content (AvgIpc) is 3.38. The molecule has 0 radical (unpaired) electrons. The summed E-state index contributed by atoms with van der Waals surface area (Å²) >= 11 is 0. The monoisotopic (exact) mass is 386 g/mol. The number of rotatable bonds is 0. The van der Waals surface area contributed by atoms with Gasteiger partial charge in [0.1, 0.15) is 0 Å². The molecule has 1 heteroatoms. The van der Waals surface area contributed by atoms with Crippen LogP contribution >= 0.6 is 0 Å². The summed E-state index contributed by atoms with van der Waals surface area (Å²) in [5.74, 6) is 0.299. The van der Waals surface area contributed by atoms with E-state index in [1.165, 1.54) is 39.0 Å². The minimum atomic E-state index is -0.204. The van der Waals surface area contributed by atoms with E-state index in [-0.39, 0.29) is 10.8 Å². The highest BCUT2D eigenvalue weighted by Gasteiger charge is 2.62. The highest BCUT2D eigenvalue weighted by molar-refractivity contribution is 6.04. The van der Waals surface area contributed by atoms with Gasteiger partial charge in [-0.1, -0.05) is 84.9 Å². The van der Waals surface area contributed by atoms with E-state index in [9.17, 15) is 4.79 Å². The molecule has 4 aliphatic carbocycles. The molecule has 0 bridgehead atoms. The van der Waals surface area contributed by atoms with Crippen molar-refractivity contribution in [2.24, 2.45) is 0 Å². The summed E-state index contributed by atoms with van der Waals surface area (Å²) in [6, 6.07) is 26.2. The van der Waals surface area contributed by atoms with Crippen molar-refractivity contribution in [2.75, 3.05) is 0 Å². The van der Waals surface area contributed by atoms with E-state index in [0.717, 1.165) is 24.8 Å². The van der Waals surface area contributed by atoms with Crippen molar-refractivity contribution in [1.82, 2.24) is 0 Å². The third-order valence-corrected chi connectivity index (χ3v) is 7.97. The van der Waals surface area contributed by atoms with Gasteiger partial charge in [0.2, 0.25) is 0 Å². The van der Waals surface area contributed by atoms with Crippen molar-refractivity contribution in [1.29, 1.82) is 0 Å². The number of hydrogen-bond acceptors (Lipinski definition) is 1. The molecule has 144 valence electrons. The standard InChI is InChI=1S/C29H22O/c30-27-17-28(22-12-4-3-11-21(22)27)18-29(26-16-8-7-15-25(26)28)23-13-5-1-9-19(23)20-10-2-6-14-24(20)29/h1-6,9-16H,7-8,17-18H2. The first-order valence-corrected chi connectivity index (χ1v) is 11.0. The topological polar surface area (TPSA) is 17.1 Å². The number of allylic oxidation sites excluding steroid dienone is 4. The molecule has 4 aliphatic rings. The molecule has 7 rings (SSSR count). The van der Waals surface area contributed by atoms with Gasteiger partial charge in [0.25, 0.3) is 0 Å². The van der Waals surface area contributed by atoms with E-state index in [2.05, 4.69) is 72.8 Å². The quantitative estimate of drug-likeness (QED) is 0.429. The second kappa shape index (κ2) is 5.49. The fourth-order valence-electron chi connectivity index (χ4n) is 6.99. The van der Waals surface area contributed by atoms with Gasteiger partial charge in [0.05, 0.1) is 0 Å². The second-order valence-corrected chi connectivity index (χ2v) is 9.21. The highest BCUT2D eigenvalue weighted by atomic mass is 16.1. The maximum atomic E-state index is 13.1. The minimum Gasteiger partial charge on any atom is -0.294 e. The first kappa shape index (κ1) is 16.6. The zero-order valence-electron chi connectivity index (χ0n) is 16.8. The Kier molecular flexibility index (Phi) is 3.03. The molecule has 0 heterocycles. The Hall–Kier alpha value is -3.19. The molecule has 0 aliphatic heterocycles. The zero-order valence-corrected chi connectivity index (χ0v) is 16.8. The number of Topliss-reactive ketones (excluding diaryl/α,β-unsaturated/α-hetero) is 1. The second-order valence-electron chi connectivity index (χ2n) is 9.21. The molecular formula is C29H22O. The van der Waals surface area contributed by atoms with Gasteiger partial charge in [0.15, 0.2) is 5.78 Å². The summed E-state index contributed by atoms with van der Waals surface area (Å²) in [7, 11) is 0. The SMILES string of the molecule is O=C1CC2(CC3(C4=CCCC=C42)c2ccccc2-c2ccccc23)c2ccccc21. The predicted molar refractivity (Wildman–Crippen MR) is 120 cm³/mol. The fourth-order valence-corrected chi connectivity index (χ4v) is 6.99. The van der Waals surface area contributed by atoms with Crippen molar-refractivity contribution >= 4 is 5.78 Å². The predicted octanol–water partition coefficient (Wildman–Crippen LogP) is 6.53. The zero-order chi connectivity index (χ0) is 19.9. The molecule has 1 unspecified atom stereocenters. The van der Waals surface area contributed by atoms with Gasteiger partial charge >= 0.3 is 0 Å². The van der Waals surface area contributed by atoms with Crippen LogP contribution in [0.5, 0.6) is 0 Å². The fraction of sp³-hybridized carbons (Fsp3) is 0.207. The Balaban J connectivity index is 1.59. The first-order chi connectivity index (χ1) is 14.8. The third-order valence-electron chi connectivity index (χ3n) is 7.97. The Morgan fingerprint density at radius 2 is 1.13 bits per heavy atom. The van der Waals surface area contributed by atoms with Gasteiger partial charge in [-0.15, -0.1) is 0 Å². The molecule has 1 atom stereocenters. The van der Waals surface area contributed by atoms with E-state index in [0.29, 0.717) is 12.2 Å². The van der Waals surface area contributed by atoms with Crippen molar-refractivity contribution in [3.05, 3.63) is 118 Å². The Morgan fingerprint density at radius 1 is 0.600 bits per heavy atom. The summed E-state index contributed by atoms with van der Waals surface area (Å²) < 4.78 is 0. The van der Waals surface area contributed by atoms with Gasteiger partial charge in [-0.05, 0) is 58.2 Å². The van der Waals surface area contributed by atoms with Crippen LogP contribution < -0.4 is 0 Å². The van der Waals surface area contributed by atoms with Gasteiger partial charge in [-0.25, -0.2) is 0 Å². The van der Waals surface area contributed by atoms with Crippen LogP contribution in [0.2, 0.25) is 0 Å². The van der Waals surface area contributed by atoms with Crippen LogP contribution in [0.1, 0.15) is 52.7 Å². The number of fused-ring (bicyclic) bond motifs is 10. The molecule has 3 aromatic carbocycles. The van der Waals surface area contributed by atoms with Crippen LogP contribution in [-0.2, 0) is 10.8 Å². The smallest absolute Gasteiger partial charge is 0.164 e. The molecule has 1 saturated carbocycles. The Labute approximate surface area is 176 Å². The lowest BCUT2D eigenvalue weighted by Gasteiger charge is -2.31. The van der Waals surface area contributed by atoms with E-state index in [4.69, 9.17) is 0 Å². The van der Waals surface area contributed by atoms with E-state index in [1.54, 1.807) is 0 Å². The maximum absolute atomic E-state index is 13.1. The largest absolute Gasteiger partial charge is 0.294 e. The Bertz CT molecular complexity index is 1280. The molecule has 3 aromatic rings. The molecule has 1 fully saturated rings. The summed E-state index contributed by atoms with van der Waals surface area (Å²) in [4.78, 5) is 13.1. The van der Waals surface area contributed by atoms with Crippen molar-refractivity contribution in [3.8, 4) is 11.1 Å². The van der Waals surface area contributed by atoms with Gasteiger partial charge in [-0.3, -0.25) is 4.79 Å².